The second kappa shape index (κ2) is 7.24. The number of hydrogen-bond donors (Lipinski definition) is 1. The third-order valence-electron chi connectivity index (χ3n) is 2.65. The van der Waals surface area contributed by atoms with E-state index in [9.17, 15) is 9.18 Å². The van der Waals surface area contributed by atoms with Gasteiger partial charge in [-0.05, 0) is 37.8 Å². The van der Waals surface area contributed by atoms with Crippen LogP contribution in [0.1, 0.15) is 12.5 Å². The first-order valence-electron chi connectivity index (χ1n) is 6.10. The van der Waals surface area contributed by atoms with E-state index in [0.717, 1.165) is 8.68 Å². The van der Waals surface area contributed by atoms with E-state index in [2.05, 4.69) is 15.5 Å². The fourth-order valence-corrected chi connectivity index (χ4v) is 4.03. The van der Waals surface area contributed by atoms with Crippen LogP contribution in [0, 0.1) is 12.7 Å². The molecule has 1 atom stereocenters. The van der Waals surface area contributed by atoms with Gasteiger partial charge in [0.25, 0.3) is 0 Å². The van der Waals surface area contributed by atoms with Gasteiger partial charge in [0.15, 0.2) is 8.68 Å². The summed E-state index contributed by atoms with van der Waals surface area (Å²) in [5.74, 6) is -0.522. The summed E-state index contributed by atoms with van der Waals surface area (Å²) in [6.07, 6.45) is 1.93. The molecule has 1 aromatic carbocycles. The number of aromatic nitrogens is 2. The van der Waals surface area contributed by atoms with E-state index in [1.54, 1.807) is 26.0 Å². The summed E-state index contributed by atoms with van der Waals surface area (Å²) in [5.41, 5.74) is 1.01. The lowest BCUT2D eigenvalue weighted by molar-refractivity contribution is -0.115. The summed E-state index contributed by atoms with van der Waals surface area (Å²) in [7, 11) is 0. The Morgan fingerprint density at radius 3 is 2.71 bits per heavy atom. The van der Waals surface area contributed by atoms with E-state index in [0.29, 0.717) is 11.3 Å². The van der Waals surface area contributed by atoms with E-state index >= 15 is 0 Å². The van der Waals surface area contributed by atoms with E-state index in [1.165, 1.54) is 40.9 Å². The SMILES string of the molecule is CSc1nnc(S[C@@H](C)C(=O)Nc2ccc(C)c(F)c2)s1. The molecule has 2 rings (SSSR count). The molecule has 112 valence electrons. The van der Waals surface area contributed by atoms with Crippen molar-refractivity contribution in [1.29, 1.82) is 0 Å². The van der Waals surface area contributed by atoms with Crippen molar-refractivity contribution in [2.24, 2.45) is 0 Å². The molecule has 0 fully saturated rings. The molecule has 4 nitrogen and oxygen atoms in total. The normalized spacial score (nSPS) is 12.2. The van der Waals surface area contributed by atoms with Gasteiger partial charge in [0.1, 0.15) is 5.82 Å². The molecule has 0 aliphatic rings. The number of carbonyl (C=O) groups is 1. The molecule has 0 spiro atoms. The number of halogens is 1. The Hall–Kier alpha value is -1.12. The highest BCUT2D eigenvalue weighted by Gasteiger charge is 2.17. The maximum atomic E-state index is 13.4. The van der Waals surface area contributed by atoms with Gasteiger partial charge in [-0.3, -0.25) is 4.79 Å². The molecule has 21 heavy (non-hydrogen) atoms. The zero-order valence-electron chi connectivity index (χ0n) is 11.7. The van der Waals surface area contributed by atoms with Crippen molar-refractivity contribution in [3.63, 3.8) is 0 Å². The summed E-state index contributed by atoms with van der Waals surface area (Å²) in [6, 6.07) is 4.64. The molecule has 2 aromatic rings. The fraction of sp³-hybridized carbons (Fsp3) is 0.308. The molecule has 0 unspecified atom stereocenters. The van der Waals surface area contributed by atoms with Gasteiger partial charge >= 0.3 is 0 Å². The van der Waals surface area contributed by atoms with Gasteiger partial charge in [-0.1, -0.05) is 40.9 Å². The van der Waals surface area contributed by atoms with Crippen molar-refractivity contribution in [3.8, 4) is 0 Å². The van der Waals surface area contributed by atoms with Gasteiger partial charge in [0.2, 0.25) is 5.91 Å². The molecule has 0 saturated carbocycles. The van der Waals surface area contributed by atoms with Crippen LogP contribution in [0.25, 0.3) is 0 Å². The van der Waals surface area contributed by atoms with Crippen molar-refractivity contribution in [2.75, 3.05) is 11.6 Å². The fourth-order valence-electron chi connectivity index (χ4n) is 1.45. The first kappa shape index (κ1) is 16.3. The lowest BCUT2D eigenvalue weighted by Crippen LogP contribution is -2.22. The maximum absolute atomic E-state index is 13.4. The quantitative estimate of drug-likeness (QED) is 0.836. The van der Waals surface area contributed by atoms with Crippen molar-refractivity contribution < 1.29 is 9.18 Å². The number of rotatable bonds is 5. The van der Waals surface area contributed by atoms with Crippen molar-refractivity contribution in [1.82, 2.24) is 10.2 Å². The predicted molar refractivity (Wildman–Crippen MR) is 86.8 cm³/mol. The first-order valence-corrected chi connectivity index (χ1v) is 9.03. The monoisotopic (exact) mass is 343 g/mol. The Labute approximate surface area is 134 Å². The molecule has 1 heterocycles. The number of benzene rings is 1. The Morgan fingerprint density at radius 2 is 2.10 bits per heavy atom. The number of anilines is 1. The van der Waals surface area contributed by atoms with Crippen molar-refractivity contribution in [3.05, 3.63) is 29.6 Å². The average Bonchev–Trinajstić information content (AvgIpc) is 2.90. The number of aryl methyl sites for hydroxylation is 1. The van der Waals surface area contributed by atoms with Gasteiger partial charge in [0, 0.05) is 5.69 Å². The zero-order valence-corrected chi connectivity index (χ0v) is 14.2. The largest absolute Gasteiger partial charge is 0.325 e. The topological polar surface area (TPSA) is 54.9 Å². The second-order valence-electron chi connectivity index (χ2n) is 4.25. The van der Waals surface area contributed by atoms with Crippen LogP contribution < -0.4 is 5.32 Å². The molecule has 0 bridgehead atoms. The van der Waals surface area contributed by atoms with Crippen LogP contribution in [-0.2, 0) is 4.79 Å². The van der Waals surface area contributed by atoms with Crippen LogP contribution in [0.15, 0.2) is 26.9 Å². The Kier molecular flexibility index (Phi) is 5.60. The number of thioether (sulfide) groups is 2. The van der Waals surface area contributed by atoms with Crippen LogP contribution in [0.3, 0.4) is 0 Å². The highest BCUT2D eigenvalue weighted by molar-refractivity contribution is 8.03. The van der Waals surface area contributed by atoms with Gasteiger partial charge in [-0.15, -0.1) is 10.2 Å². The van der Waals surface area contributed by atoms with Gasteiger partial charge in [0.05, 0.1) is 5.25 Å². The van der Waals surface area contributed by atoms with E-state index < -0.39 is 0 Å². The molecule has 0 radical (unpaired) electrons. The van der Waals surface area contributed by atoms with E-state index in [4.69, 9.17) is 0 Å². The lowest BCUT2D eigenvalue weighted by atomic mass is 10.2. The van der Waals surface area contributed by atoms with Crippen LogP contribution in [0.4, 0.5) is 10.1 Å². The van der Waals surface area contributed by atoms with Gasteiger partial charge in [-0.2, -0.15) is 0 Å². The van der Waals surface area contributed by atoms with E-state index in [-0.39, 0.29) is 17.0 Å². The molecule has 1 N–H and O–H groups in total. The number of nitrogens with one attached hydrogen (secondary N) is 1. The average molecular weight is 343 g/mol. The highest BCUT2D eigenvalue weighted by atomic mass is 32.2. The van der Waals surface area contributed by atoms with Crippen LogP contribution >= 0.6 is 34.9 Å². The molecule has 0 saturated heterocycles. The van der Waals surface area contributed by atoms with Gasteiger partial charge in [-0.25, -0.2) is 4.39 Å². The standard InChI is InChI=1S/C13H14FN3OS3/c1-7-4-5-9(6-10(7)14)15-11(18)8(2)20-13-17-16-12(19-3)21-13/h4-6,8H,1-3H3,(H,15,18)/t8-/m0/s1. The van der Waals surface area contributed by atoms with Crippen molar-refractivity contribution in [2.45, 2.75) is 27.8 Å². The summed E-state index contributed by atoms with van der Waals surface area (Å²) in [4.78, 5) is 12.1. The Balaban J connectivity index is 1.97. The minimum atomic E-state index is -0.336. The summed E-state index contributed by atoms with van der Waals surface area (Å²) in [5, 5.41) is 10.4. The third-order valence-corrected chi connectivity index (χ3v) is 5.73. The van der Waals surface area contributed by atoms with Gasteiger partial charge < -0.3 is 5.32 Å². The van der Waals surface area contributed by atoms with E-state index in [1.807, 2.05) is 6.26 Å². The number of carbonyl (C=O) groups excluding carboxylic acids is 1. The van der Waals surface area contributed by atoms with Crippen LogP contribution in [-0.4, -0.2) is 27.6 Å². The predicted octanol–water partition coefficient (Wildman–Crippen LogP) is 3.83. The second-order valence-corrected chi connectivity index (χ2v) is 7.87. The summed E-state index contributed by atoms with van der Waals surface area (Å²) in [6.45, 7) is 3.46. The molecule has 0 aliphatic carbocycles. The summed E-state index contributed by atoms with van der Waals surface area (Å²) < 4.78 is 15.1. The molecular weight excluding hydrogens is 329 g/mol. The molecule has 1 aromatic heterocycles. The summed E-state index contributed by atoms with van der Waals surface area (Å²) >= 11 is 4.31. The molecule has 0 aliphatic heterocycles. The lowest BCUT2D eigenvalue weighted by Gasteiger charge is -2.10. The minimum absolute atomic E-state index is 0.191. The van der Waals surface area contributed by atoms with Crippen molar-refractivity contribution >= 4 is 46.5 Å². The number of nitrogens with zero attached hydrogens (tertiary/aromatic N) is 2. The Bertz CT molecular complexity index is 647. The number of hydrogen-bond acceptors (Lipinski definition) is 6. The molecular formula is C13H14FN3OS3. The smallest absolute Gasteiger partial charge is 0.237 e. The Morgan fingerprint density at radius 1 is 1.38 bits per heavy atom. The third kappa shape index (κ3) is 4.42. The first-order chi connectivity index (χ1) is 9.99. The van der Waals surface area contributed by atoms with Crippen LogP contribution in [0.2, 0.25) is 0 Å². The minimum Gasteiger partial charge on any atom is -0.325 e. The molecule has 1 amide bonds. The molecule has 8 heteroatoms. The number of amides is 1. The van der Waals surface area contributed by atoms with Crippen LogP contribution in [0.5, 0.6) is 0 Å². The zero-order chi connectivity index (χ0) is 15.4. The maximum Gasteiger partial charge on any atom is 0.237 e. The highest BCUT2D eigenvalue weighted by Crippen LogP contribution is 2.30.